The molecule has 1 aliphatic carbocycles. The molecule has 0 aromatic rings. The maximum atomic E-state index is 12.6. The number of hydrogen-bond acceptors (Lipinski definition) is 4. The van der Waals surface area contributed by atoms with Gasteiger partial charge in [-0.15, -0.1) is 0 Å². The molecule has 1 N–H and O–H groups in total. The van der Waals surface area contributed by atoms with E-state index in [1.165, 1.54) is 19.0 Å². The number of carbonyl (C=O) groups is 2. The third-order valence-electron chi connectivity index (χ3n) is 6.15. The van der Waals surface area contributed by atoms with Gasteiger partial charge in [0.05, 0.1) is 0 Å². The van der Waals surface area contributed by atoms with Crippen molar-refractivity contribution < 1.29 is 9.59 Å². The normalized spacial score (nSPS) is 27.1. The van der Waals surface area contributed by atoms with Gasteiger partial charge in [-0.2, -0.15) is 0 Å². The van der Waals surface area contributed by atoms with E-state index in [4.69, 9.17) is 0 Å². The molecule has 26 heavy (non-hydrogen) atoms. The second kappa shape index (κ2) is 10.8. The molecule has 148 valence electrons. The number of ketones is 1. The lowest BCUT2D eigenvalue weighted by molar-refractivity contribution is -0.146. The lowest BCUT2D eigenvalue weighted by Gasteiger charge is -2.40. The third-order valence-corrected chi connectivity index (χ3v) is 6.15. The Balaban J connectivity index is 0.00000117. The van der Waals surface area contributed by atoms with Crippen molar-refractivity contribution in [1.82, 2.24) is 15.1 Å². The van der Waals surface area contributed by atoms with Crippen molar-refractivity contribution in [3.8, 4) is 0 Å². The highest BCUT2D eigenvalue weighted by atomic mass is 16.2. The quantitative estimate of drug-likeness (QED) is 0.736. The van der Waals surface area contributed by atoms with Crippen LogP contribution in [0.2, 0.25) is 0 Å². The highest BCUT2D eigenvalue weighted by Gasteiger charge is 2.42. The Morgan fingerprint density at radius 3 is 2.15 bits per heavy atom. The summed E-state index contributed by atoms with van der Waals surface area (Å²) < 4.78 is 0. The molecular weight excluding hydrogens is 326 g/mol. The number of carbonyl (C=O) groups excluding carboxylic acids is 2. The van der Waals surface area contributed by atoms with Gasteiger partial charge in [0.1, 0.15) is 0 Å². The Bertz CT molecular complexity index is 466. The molecule has 3 fully saturated rings. The van der Waals surface area contributed by atoms with Gasteiger partial charge in [0, 0.05) is 51.1 Å². The highest BCUT2D eigenvalue weighted by molar-refractivity contribution is 5.96. The van der Waals surface area contributed by atoms with Crippen LogP contribution < -0.4 is 5.32 Å². The summed E-state index contributed by atoms with van der Waals surface area (Å²) in [6, 6.07) is 0. The van der Waals surface area contributed by atoms with Crippen LogP contribution in [0.3, 0.4) is 0 Å². The van der Waals surface area contributed by atoms with Gasteiger partial charge >= 0.3 is 0 Å². The average Bonchev–Trinajstić information content (AvgIpc) is 2.68. The number of nitrogens with zero attached hydrogens (tertiary/aromatic N) is 2. The van der Waals surface area contributed by atoms with Crippen LogP contribution in [0.15, 0.2) is 12.7 Å². The molecule has 2 atom stereocenters. The number of amides is 1. The van der Waals surface area contributed by atoms with E-state index in [-0.39, 0.29) is 23.5 Å². The molecule has 2 heterocycles. The molecule has 2 unspecified atom stereocenters. The molecule has 3 aliphatic rings. The number of hydrogen-bond donors (Lipinski definition) is 1. The van der Waals surface area contributed by atoms with Crippen LogP contribution in [0.5, 0.6) is 0 Å². The largest absolute Gasteiger partial charge is 0.342 e. The summed E-state index contributed by atoms with van der Waals surface area (Å²) in [6.45, 7) is 15.0. The molecule has 0 aromatic carbocycles. The Labute approximate surface area is 159 Å². The molecule has 5 nitrogen and oxygen atoms in total. The molecule has 1 saturated carbocycles. The van der Waals surface area contributed by atoms with Crippen molar-refractivity contribution in [2.24, 2.45) is 17.8 Å². The van der Waals surface area contributed by atoms with Gasteiger partial charge in [-0.3, -0.25) is 9.59 Å². The minimum Gasteiger partial charge on any atom is -0.342 e. The minimum absolute atomic E-state index is 0.0468. The zero-order valence-electron chi connectivity index (χ0n) is 16.7. The predicted octanol–water partition coefficient (Wildman–Crippen LogP) is 2.33. The fraction of sp³-hybridized carbons (Fsp3) is 0.810. The summed E-state index contributed by atoms with van der Waals surface area (Å²) in [5.41, 5.74) is 0. The molecule has 3 rings (SSSR count). The number of piperazine rings is 1. The van der Waals surface area contributed by atoms with E-state index >= 15 is 0 Å². The van der Waals surface area contributed by atoms with Crippen molar-refractivity contribution in [2.45, 2.75) is 46.0 Å². The van der Waals surface area contributed by atoms with E-state index in [0.29, 0.717) is 0 Å². The molecule has 2 aliphatic heterocycles. The zero-order valence-corrected chi connectivity index (χ0v) is 16.7. The van der Waals surface area contributed by atoms with E-state index in [1.807, 2.05) is 18.7 Å². The highest BCUT2D eigenvalue weighted by Crippen LogP contribution is 2.37. The number of allylic oxidation sites excluding steroid dienone is 1. The van der Waals surface area contributed by atoms with Crippen LogP contribution in [0.1, 0.15) is 46.0 Å². The Morgan fingerprint density at radius 2 is 1.62 bits per heavy atom. The standard InChI is InChI=1S/C19H31N3O2.C2H6/c1-2-18(23)16-3-4-17(16)19(24)22-11-6-15(7-12-22)5-10-21-13-8-20-9-14-21;1-2/h2,15-17,20H,1,3-14H2;1-2H3. The fourth-order valence-corrected chi connectivity index (χ4v) is 4.26. The van der Waals surface area contributed by atoms with Crippen LogP contribution in [0.25, 0.3) is 0 Å². The van der Waals surface area contributed by atoms with E-state index in [0.717, 1.165) is 70.9 Å². The Hall–Kier alpha value is -1.20. The maximum absolute atomic E-state index is 12.6. The van der Waals surface area contributed by atoms with Crippen molar-refractivity contribution in [1.29, 1.82) is 0 Å². The molecule has 2 saturated heterocycles. The number of piperidine rings is 1. The van der Waals surface area contributed by atoms with Crippen molar-refractivity contribution in [2.75, 3.05) is 45.8 Å². The topological polar surface area (TPSA) is 52.7 Å². The molecule has 1 amide bonds. The van der Waals surface area contributed by atoms with Gasteiger partial charge in [-0.1, -0.05) is 20.4 Å². The third kappa shape index (κ3) is 5.40. The predicted molar refractivity (Wildman–Crippen MR) is 106 cm³/mol. The van der Waals surface area contributed by atoms with E-state index in [9.17, 15) is 9.59 Å². The van der Waals surface area contributed by atoms with Crippen LogP contribution >= 0.6 is 0 Å². The molecule has 0 spiro atoms. The second-order valence-corrected chi connectivity index (χ2v) is 7.55. The van der Waals surface area contributed by atoms with Crippen LogP contribution in [-0.4, -0.2) is 67.3 Å². The van der Waals surface area contributed by atoms with Gasteiger partial charge in [0.2, 0.25) is 5.91 Å². The smallest absolute Gasteiger partial charge is 0.226 e. The average molecular weight is 364 g/mol. The molecule has 0 radical (unpaired) electrons. The van der Waals surface area contributed by atoms with Crippen molar-refractivity contribution in [3.05, 3.63) is 12.7 Å². The molecule has 5 heteroatoms. The van der Waals surface area contributed by atoms with Crippen molar-refractivity contribution >= 4 is 11.7 Å². The van der Waals surface area contributed by atoms with Crippen molar-refractivity contribution in [3.63, 3.8) is 0 Å². The molecule has 0 aromatic heterocycles. The lowest BCUT2D eigenvalue weighted by atomic mass is 9.70. The van der Waals surface area contributed by atoms with Gasteiger partial charge < -0.3 is 15.1 Å². The number of rotatable bonds is 6. The van der Waals surface area contributed by atoms with E-state index < -0.39 is 0 Å². The van der Waals surface area contributed by atoms with Gasteiger partial charge in [-0.25, -0.2) is 0 Å². The van der Waals surface area contributed by atoms with Gasteiger partial charge in [0.15, 0.2) is 5.78 Å². The minimum atomic E-state index is -0.0968. The lowest BCUT2D eigenvalue weighted by Crippen LogP contribution is -2.48. The summed E-state index contributed by atoms with van der Waals surface area (Å²) >= 11 is 0. The summed E-state index contributed by atoms with van der Waals surface area (Å²) in [7, 11) is 0. The summed E-state index contributed by atoms with van der Waals surface area (Å²) in [4.78, 5) is 29.0. The van der Waals surface area contributed by atoms with Gasteiger partial charge in [0.25, 0.3) is 0 Å². The first-order valence-electron chi connectivity index (χ1n) is 10.6. The SMILES string of the molecule is C=CC(=O)C1CCC1C(=O)N1CCC(CCN2CCNCC2)CC1.CC. The first kappa shape index (κ1) is 21.1. The number of likely N-dealkylation sites (tertiary alicyclic amines) is 1. The first-order chi connectivity index (χ1) is 12.7. The molecule has 0 bridgehead atoms. The Morgan fingerprint density at radius 1 is 1.00 bits per heavy atom. The number of nitrogens with one attached hydrogen (secondary N) is 1. The monoisotopic (exact) mass is 363 g/mol. The van der Waals surface area contributed by atoms with Crippen LogP contribution in [0, 0.1) is 17.8 Å². The summed E-state index contributed by atoms with van der Waals surface area (Å²) in [6.07, 6.45) is 6.58. The Kier molecular flexibility index (Phi) is 8.79. The summed E-state index contributed by atoms with van der Waals surface area (Å²) in [5, 5.41) is 3.39. The zero-order chi connectivity index (χ0) is 18.9. The fourth-order valence-electron chi connectivity index (χ4n) is 4.26. The van der Waals surface area contributed by atoms with Crippen LogP contribution in [-0.2, 0) is 9.59 Å². The molecular formula is C21H37N3O2. The van der Waals surface area contributed by atoms with E-state index in [1.54, 1.807) is 0 Å². The summed E-state index contributed by atoms with van der Waals surface area (Å²) in [5.74, 6) is 0.830. The first-order valence-corrected chi connectivity index (χ1v) is 10.6. The maximum Gasteiger partial charge on any atom is 0.226 e. The van der Waals surface area contributed by atoms with E-state index in [2.05, 4.69) is 16.8 Å². The van der Waals surface area contributed by atoms with Crippen LogP contribution in [0.4, 0.5) is 0 Å². The van der Waals surface area contributed by atoms with Gasteiger partial charge in [-0.05, 0) is 50.6 Å². The second-order valence-electron chi connectivity index (χ2n) is 7.55.